The molecule has 0 N–H and O–H groups in total. The SMILES string of the molecule is COc1ncc(-c2cccc3c2C[C@H](N(Cc2ccccc2)Cc2ccccc2)CO3)cc1C(=O)N(C)C. The van der Waals surface area contributed by atoms with E-state index in [0.717, 1.165) is 42.0 Å². The quantitative estimate of drug-likeness (QED) is 0.317. The van der Waals surface area contributed by atoms with Gasteiger partial charge in [0.25, 0.3) is 5.91 Å². The Morgan fingerprint density at radius 1 is 0.947 bits per heavy atom. The standard InChI is InChI=1S/C32H33N3O3/c1-34(2)32(36)29-17-25(19-33-31(29)37-3)27-15-10-16-30-28(27)18-26(22-38-30)35(20-23-11-6-4-7-12-23)21-24-13-8-5-9-14-24/h4-17,19,26H,18,20-22H2,1-3H3/t26-/m0/s1. The minimum atomic E-state index is -0.146. The fourth-order valence-corrected chi connectivity index (χ4v) is 5.00. The molecule has 0 unspecified atom stereocenters. The van der Waals surface area contributed by atoms with E-state index in [1.165, 1.54) is 23.1 Å². The van der Waals surface area contributed by atoms with Gasteiger partial charge in [-0.05, 0) is 35.2 Å². The molecule has 0 bridgehead atoms. The first kappa shape index (κ1) is 25.5. The highest BCUT2D eigenvalue weighted by molar-refractivity contribution is 5.97. The lowest BCUT2D eigenvalue weighted by atomic mass is 9.92. The van der Waals surface area contributed by atoms with Gasteiger partial charge in [0.15, 0.2) is 0 Å². The van der Waals surface area contributed by atoms with Gasteiger partial charge >= 0.3 is 0 Å². The highest BCUT2D eigenvalue weighted by Crippen LogP contribution is 2.37. The van der Waals surface area contributed by atoms with Gasteiger partial charge in [0.1, 0.15) is 17.9 Å². The first-order valence-electron chi connectivity index (χ1n) is 12.9. The normalized spacial score (nSPS) is 14.5. The highest BCUT2D eigenvalue weighted by atomic mass is 16.5. The van der Waals surface area contributed by atoms with E-state index in [9.17, 15) is 4.79 Å². The predicted molar refractivity (Wildman–Crippen MR) is 149 cm³/mol. The van der Waals surface area contributed by atoms with Gasteiger partial charge in [0.05, 0.1) is 7.11 Å². The van der Waals surface area contributed by atoms with E-state index >= 15 is 0 Å². The number of rotatable bonds is 8. The molecular formula is C32H33N3O3. The molecule has 5 rings (SSSR count). The number of hydrogen-bond acceptors (Lipinski definition) is 5. The zero-order valence-electron chi connectivity index (χ0n) is 22.1. The van der Waals surface area contributed by atoms with Crippen molar-refractivity contribution in [3.8, 4) is 22.8 Å². The van der Waals surface area contributed by atoms with E-state index < -0.39 is 0 Å². The second kappa shape index (κ2) is 11.5. The van der Waals surface area contributed by atoms with Crippen molar-refractivity contribution in [2.45, 2.75) is 25.6 Å². The van der Waals surface area contributed by atoms with Gasteiger partial charge in [-0.15, -0.1) is 0 Å². The lowest BCUT2D eigenvalue weighted by Crippen LogP contribution is -2.42. The lowest BCUT2D eigenvalue weighted by molar-refractivity contribution is 0.0823. The van der Waals surface area contributed by atoms with E-state index in [1.807, 2.05) is 18.2 Å². The third kappa shape index (κ3) is 5.55. The summed E-state index contributed by atoms with van der Waals surface area (Å²) in [5.41, 5.74) is 6.01. The largest absolute Gasteiger partial charge is 0.492 e. The van der Waals surface area contributed by atoms with Crippen LogP contribution in [-0.2, 0) is 19.5 Å². The van der Waals surface area contributed by atoms with Crippen LogP contribution in [0.1, 0.15) is 27.0 Å². The van der Waals surface area contributed by atoms with Crippen molar-refractivity contribution in [2.75, 3.05) is 27.8 Å². The summed E-state index contributed by atoms with van der Waals surface area (Å²) < 4.78 is 11.7. The number of nitrogens with zero attached hydrogens (tertiary/aromatic N) is 3. The first-order valence-corrected chi connectivity index (χ1v) is 12.9. The van der Waals surface area contributed by atoms with Crippen LogP contribution >= 0.6 is 0 Å². The molecule has 38 heavy (non-hydrogen) atoms. The van der Waals surface area contributed by atoms with Gasteiger partial charge in [-0.25, -0.2) is 4.98 Å². The zero-order chi connectivity index (χ0) is 26.5. The fourth-order valence-electron chi connectivity index (χ4n) is 5.00. The molecule has 194 valence electrons. The monoisotopic (exact) mass is 507 g/mol. The smallest absolute Gasteiger partial charge is 0.258 e. The first-order chi connectivity index (χ1) is 18.5. The third-order valence-electron chi connectivity index (χ3n) is 6.97. The van der Waals surface area contributed by atoms with Crippen molar-refractivity contribution in [3.05, 3.63) is 113 Å². The minimum absolute atomic E-state index is 0.146. The molecule has 0 saturated carbocycles. The van der Waals surface area contributed by atoms with Crippen LogP contribution in [0.3, 0.4) is 0 Å². The van der Waals surface area contributed by atoms with E-state index in [2.05, 4.69) is 76.6 Å². The number of carbonyl (C=O) groups is 1. The van der Waals surface area contributed by atoms with Crippen LogP contribution in [0.2, 0.25) is 0 Å². The number of aromatic nitrogens is 1. The summed E-state index contributed by atoms with van der Waals surface area (Å²) >= 11 is 0. The maximum atomic E-state index is 12.9. The Labute approximate surface area is 224 Å². The van der Waals surface area contributed by atoms with E-state index in [4.69, 9.17) is 9.47 Å². The van der Waals surface area contributed by atoms with Crippen molar-refractivity contribution in [2.24, 2.45) is 0 Å². The molecule has 1 amide bonds. The molecule has 3 aromatic carbocycles. The summed E-state index contributed by atoms with van der Waals surface area (Å²) in [5, 5.41) is 0. The van der Waals surface area contributed by atoms with Crippen molar-refractivity contribution in [1.82, 2.24) is 14.8 Å². The molecule has 2 heterocycles. The van der Waals surface area contributed by atoms with E-state index in [1.54, 1.807) is 20.3 Å². The number of pyridine rings is 1. The number of hydrogen-bond donors (Lipinski definition) is 0. The van der Waals surface area contributed by atoms with Crippen molar-refractivity contribution >= 4 is 5.91 Å². The van der Waals surface area contributed by atoms with Gasteiger partial charge in [0.2, 0.25) is 5.88 Å². The summed E-state index contributed by atoms with van der Waals surface area (Å²) in [4.78, 5) is 21.4. The highest BCUT2D eigenvalue weighted by Gasteiger charge is 2.28. The molecule has 6 heteroatoms. The van der Waals surface area contributed by atoms with Crippen molar-refractivity contribution in [3.63, 3.8) is 0 Å². The van der Waals surface area contributed by atoms with Crippen LogP contribution < -0.4 is 9.47 Å². The second-order valence-electron chi connectivity index (χ2n) is 9.81. The van der Waals surface area contributed by atoms with Crippen LogP contribution in [0.5, 0.6) is 11.6 Å². The van der Waals surface area contributed by atoms with Gasteiger partial charge in [-0.3, -0.25) is 9.69 Å². The molecule has 0 radical (unpaired) electrons. The molecule has 4 aromatic rings. The average Bonchev–Trinajstić information content (AvgIpc) is 2.96. The zero-order valence-corrected chi connectivity index (χ0v) is 22.1. The Morgan fingerprint density at radius 3 is 2.21 bits per heavy atom. The maximum Gasteiger partial charge on any atom is 0.258 e. The average molecular weight is 508 g/mol. The number of benzene rings is 3. The molecule has 0 aliphatic carbocycles. The van der Waals surface area contributed by atoms with Gasteiger partial charge in [-0.1, -0.05) is 72.8 Å². The summed E-state index contributed by atoms with van der Waals surface area (Å²) in [6.07, 6.45) is 2.60. The summed E-state index contributed by atoms with van der Waals surface area (Å²) in [6.45, 7) is 2.26. The van der Waals surface area contributed by atoms with Crippen molar-refractivity contribution in [1.29, 1.82) is 0 Å². The molecule has 0 spiro atoms. The predicted octanol–water partition coefficient (Wildman–Crippen LogP) is 5.46. The van der Waals surface area contributed by atoms with Crippen molar-refractivity contribution < 1.29 is 14.3 Å². The molecule has 1 atom stereocenters. The summed E-state index contributed by atoms with van der Waals surface area (Å²) in [6, 6.07) is 29.3. The Bertz CT molecular complexity index is 1350. The van der Waals surface area contributed by atoms with Gasteiger partial charge in [-0.2, -0.15) is 0 Å². The molecule has 0 fully saturated rings. The molecule has 1 aliphatic heterocycles. The topological polar surface area (TPSA) is 54.9 Å². The van der Waals surface area contributed by atoms with Crippen LogP contribution in [0.25, 0.3) is 11.1 Å². The molecular weight excluding hydrogens is 474 g/mol. The second-order valence-corrected chi connectivity index (χ2v) is 9.81. The fraction of sp³-hybridized carbons (Fsp3) is 0.250. The van der Waals surface area contributed by atoms with Crippen LogP contribution in [0.15, 0.2) is 91.1 Å². The van der Waals surface area contributed by atoms with Crippen LogP contribution in [-0.4, -0.2) is 54.5 Å². The number of amides is 1. The Morgan fingerprint density at radius 2 is 1.61 bits per heavy atom. The van der Waals surface area contributed by atoms with E-state index in [-0.39, 0.29) is 11.9 Å². The van der Waals surface area contributed by atoms with Crippen LogP contribution in [0, 0.1) is 0 Å². The third-order valence-corrected chi connectivity index (χ3v) is 6.97. The summed E-state index contributed by atoms with van der Waals surface area (Å²) in [7, 11) is 4.99. The lowest BCUT2D eigenvalue weighted by Gasteiger charge is -2.36. The van der Waals surface area contributed by atoms with Crippen LogP contribution in [0.4, 0.5) is 0 Å². The molecule has 0 saturated heterocycles. The van der Waals surface area contributed by atoms with Gasteiger partial charge in [0, 0.05) is 50.6 Å². The molecule has 6 nitrogen and oxygen atoms in total. The number of fused-ring (bicyclic) bond motifs is 1. The molecule has 1 aromatic heterocycles. The number of methoxy groups -OCH3 is 1. The molecule has 1 aliphatic rings. The Hall–Kier alpha value is -4.16. The minimum Gasteiger partial charge on any atom is -0.492 e. The number of ether oxygens (including phenoxy) is 2. The Kier molecular flexibility index (Phi) is 7.70. The van der Waals surface area contributed by atoms with Gasteiger partial charge < -0.3 is 14.4 Å². The Balaban J connectivity index is 1.49. The van der Waals surface area contributed by atoms with E-state index in [0.29, 0.717) is 18.1 Å². The maximum absolute atomic E-state index is 12.9. The number of carbonyl (C=O) groups excluding carboxylic acids is 1. The summed E-state index contributed by atoms with van der Waals surface area (Å²) in [5.74, 6) is 1.06.